The number of amides is 1. The third kappa shape index (κ3) is 6.18. The summed E-state index contributed by atoms with van der Waals surface area (Å²) >= 11 is 1.46. The Morgan fingerprint density at radius 2 is 1.76 bits per heavy atom. The standard InChI is InChI=1S/C20H24FNO2S/c1-14(2)19(25-13-18(23)16-6-4-3-5-7-16)20(24)22-12-15-8-10-17(21)11-9-15/h3-11,14,18-19,23H,12-13H2,1-2H3,(H,22,24). The van der Waals surface area contributed by atoms with Gasteiger partial charge in [0, 0.05) is 12.3 Å². The van der Waals surface area contributed by atoms with Crippen LogP contribution in [-0.2, 0) is 11.3 Å². The SMILES string of the molecule is CC(C)C(SCC(O)c1ccccc1)C(=O)NCc1ccc(F)cc1. The normalized spacial score (nSPS) is 13.5. The molecule has 1 amide bonds. The molecule has 0 bridgehead atoms. The molecule has 25 heavy (non-hydrogen) atoms. The quantitative estimate of drug-likeness (QED) is 0.749. The molecule has 0 aliphatic rings. The van der Waals surface area contributed by atoms with Crippen LogP contribution in [0.5, 0.6) is 0 Å². The van der Waals surface area contributed by atoms with E-state index in [-0.39, 0.29) is 22.9 Å². The number of carbonyl (C=O) groups is 1. The van der Waals surface area contributed by atoms with Gasteiger partial charge in [0.25, 0.3) is 0 Å². The van der Waals surface area contributed by atoms with E-state index in [1.807, 2.05) is 44.2 Å². The minimum Gasteiger partial charge on any atom is -0.388 e. The number of aliphatic hydroxyl groups excluding tert-OH is 1. The molecule has 0 aromatic heterocycles. The molecule has 0 radical (unpaired) electrons. The summed E-state index contributed by atoms with van der Waals surface area (Å²) in [4.78, 5) is 12.5. The van der Waals surface area contributed by atoms with E-state index in [2.05, 4.69) is 5.32 Å². The largest absolute Gasteiger partial charge is 0.388 e. The summed E-state index contributed by atoms with van der Waals surface area (Å²) in [6.45, 7) is 4.35. The van der Waals surface area contributed by atoms with E-state index in [0.717, 1.165) is 11.1 Å². The van der Waals surface area contributed by atoms with Crippen molar-refractivity contribution in [1.29, 1.82) is 0 Å². The Morgan fingerprint density at radius 3 is 2.36 bits per heavy atom. The van der Waals surface area contributed by atoms with Crippen molar-refractivity contribution < 1.29 is 14.3 Å². The van der Waals surface area contributed by atoms with Crippen LogP contribution in [0, 0.1) is 11.7 Å². The first-order valence-electron chi connectivity index (χ1n) is 8.34. The van der Waals surface area contributed by atoms with Crippen molar-refractivity contribution in [2.75, 3.05) is 5.75 Å². The van der Waals surface area contributed by atoms with Crippen molar-refractivity contribution in [2.24, 2.45) is 5.92 Å². The van der Waals surface area contributed by atoms with E-state index in [4.69, 9.17) is 0 Å². The van der Waals surface area contributed by atoms with Crippen LogP contribution in [0.25, 0.3) is 0 Å². The molecule has 0 heterocycles. The number of hydrogen-bond acceptors (Lipinski definition) is 3. The Labute approximate surface area is 152 Å². The summed E-state index contributed by atoms with van der Waals surface area (Å²) in [7, 11) is 0. The van der Waals surface area contributed by atoms with Crippen LogP contribution < -0.4 is 5.32 Å². The van der Waals surface area contributed by atoms with E-state index in [1.165, 1.54) is 23.9 Å². The zero-order chi connectivity index (χ0) is 18.2. The second-order valence-corrected chi connectivity index (χ2v) is 7.44. The van der Waals surface area contributed by atoms with Crippen LogP contribution in [0.3, 0.4) is 0 Å². The number of halogens is 1. The van der Waals surface area contributed by atoms with Gasteiger partial charge in [0.05, 0.1) is 11.4 Å². The van der Waals surface area contributed by atoms with Gasteiger partial charge in [-0.2, -0.15) is 0 Å². The Balaban J connectivity index is 1.88. The number of thioether (sulfide) groups is 1. The molecule has 0 aliphatic carbocycles. The number of hydrogen-bond donors (Lipinski definition) is 2. The molecule has 0 fully saturated rings. The summed E-state index contributed by atoms with van der Waals surface area (Å²) in [6.07, 6.45) is -0.600. The average Bonchev–Trinajstić information content (AvgIpc) is 2.61. The first kappa shape index (κ1) is 19.5. The lowest BCUT2D eigenvalue weighted by molar-refractivity contribution is -0.121. The van der Waals surface area contributed by atoms with Gasteiger partial charge >= 0.3 is 0 Å². The van der Waals surface area contributed by atoms with Crippen LogP contribution in [0.2, 0.25) is 0 Å². The van der Waals surface area contributed by atoms with Gasteiger partial charge in [0.2, 0.25) is 5.91 Å². The maximum absolute atomic E-state index is 12.9. The van der Waals surface area contributed by atoms with Crippen molar-refractivity contribution in [2.45, 2.75) is 31.7 Å². The van der Waals surface area contributed by atoms with Crippen LogP contribution in [0.4, 0.5) is 4.39 Å². The highest BCUT2D eigenvalue weighted by molar-refractivity contribution is 8.00. The number of rotatable bonds is 8. The van der Waals surface area contributed by atoms with E-state index >= 15 is 0 Å². The third-order valence-corrected chi connectivity index (χ3v) is 5.49. The lowest BCUT2D eigenvalue weighted by atomic mass is 10.1. The lowest BCUT2D eigenvalue weighted by Crippen LogP contribution is -2.36. The van der Waals surface area contributed by atoms with Crippen molar-refractivity contribution >= 4 is 17.7 Å². The average molecular weight is 361 g/mol. The van der Waals surface area contributed by atoms with Gasteiger partial charge in [-0.25, -0.2) is 4.39 Å². The van der Waals surface area contributed by atoms with Crippen molar-refractivity contribution in [1.82, 2.24) is 5.32 Å². The zero-order valence-corrected chi connectivity index (χ0v) is 15.3. The highest BCUT2D eigenvalue weighted by atomic mass is 32.2. The number of nitrogens with one attached hydrogen (secondary N) is 1. The van der Waals surface area contributed by atoms with E-state index < -0.39 is 6.10 Å². The molecule has 0 aliphatic heterocycles. The Bertz CT molecular complexity index is 661. The molecule has 134 valence electrons. The van der Waals surface area contributed by atoms with Crippen LogP contribution in [0.1, 0.15) is 31.1 Å². The Kier molecular flexibility index (Phi) is 7.47. The Hall–Kier alpha value is -1.85. The topological polar surface area (TPSA) is 49.3 Å². The zero-order valence-electron chi connectivity index (χ0n) is 14.5. The van der Waals surface area contributed by atoms with Gasteiger partial charge in [0.15, 0.2) is 0 Å². The number of aliphatic hydroxyl groups is 1. The summed E-state index contributed by atoms with van der Waals surface area (Å²) < 4.78 is 12.9. The van der Waals surface area contributed by atoms with Gasteiger partial charge in [-0.1, -0.05) is 56.3 Å². The number of benzene rings is 2. The second-order valence-electron chi connectivity index (χ2n) is 6.27. The van der Waals surface area contributed by atoms with Gasteiger partial charge in [-0.05, 0) is 29.2 Å². The fourth-order valence-electron chi connectivity index (χ4n) is 2.43. The summed E-state index contributed by atoms with van der Waals surface area (Å²) in [5.74, 6) is 0.239. The highest BCUT2D eigenvalue weighted by Crippen LogP contribution is 2.25. The molecule has 2 rings (SSSR count). The van der Waals surface area contributed by atoms with Crippen molar-refractivity contribution in [3.05, 3.63) is 71.5 Å². The monoisotopic (exact) mass is 361 g/mol. The maximum atomic E-state index is 12.9. The van der Waals surface area contributed by atoms with Crippen LogP contribution in [0.15, 0.2) is 54.6 Å². The summed E-state index contributed by atoms with van der Waals surface area (Å²) in [5, 5.41) is 12.9. The van der Waals surface area contributed by atoms with E-state index in [9.17, 15) is 14.3 Å². The smallest absolute Gasteiger partial charge is 0.233 e. The van der Waals surface area contributed by atoms with Gasteiger partial charge in [-0.15, -0.1) is 11.8 Å². The first-order valence-corrected chi connectivity index (χ1v) is 9.39. The van der Waals surface area contributed by atoms with Gasteiger partial charge in [-0.3, -0.25) is 4.79 Å². The number of carbonyl (C=O) groups excluding carboxylic acids is 1. The minimum absolute atomic E-state index is 0.0652. The van der Waals surface area contributed by atoms with Crippen LogP contribution >= 0.6 is 11.8 Å². The van der Waals surface area contributed by atoms with Crippen LogP contribution in [-0.4, -0.2) is 22.0 Å². The second kappa shape index (κ2) is 9.59. The van der Waals surface area contributed by atoms with Gasteiger partial charge < -0.3 is 10.4 Å². The molecule has 5 heteroatoms. The predicted octanol–water partition coefficient (Wildman–Crippen LogP) is 3.93. The van der Waals surface area contributed by atoms with Gasteiger partial charge in [0.1, 0.15) is 5.82 Å². The molecule has 2 unspecified atom stereocenters. The minimum atomic E-state index is -0.600. The molecular formula is C20H24FNO2S. The lowest BCUT2D eigenvalue weighted by Gasteiger charge is -2.21. The fraction of sp³-hybridized carbons (Fsp3) is 0.350. The first-order chi connectivity index (χ1) is 12.0. The molecule has 2 atom stereocenters. The maximum Gasteiger partial charge on any atom is 0.233 e. The molecule has 0 spiro atoms. The molecule has 2 aromatic rings. The molecule has 0 saturated heterocycles. The fourth-order valence-corrected chi connectivity index (χ4v) is 3.63. The van der Waals surface area contributed by atoms with E-state index in [0.29, 0.717) is 12.3 Å². The Morgan fingerprint density at radius 1 is 1.12 bits per heavy atom. The third-order valence-electron chi connectivity index (χ3n) is 3.86. The predicted molar refractivity (Wildman–Crippen MR) is 101 cm³/mol. The van der Waals surface area contributed by atoms with Crippen molar-refractivity contribution in [3.63, 3.8) is 0 Å². The molecule has 3 nitrogen and oxygen atoms in total. The molecular weight excluding hydrogens is 337 g/mol. The molecule has 0 saturated carbocycles. The van der Waals surface area contributed by atoms with E-state index in [1.54, 1.807) is 12.1 Å². The summed E-state index contributed by atoms with van der Waals surface area (Å²) in [5.41, 5.74) is 1.70. The highest BCUT2D eigenvalue weighted by Gasteiger charge is 2.24. The summed E-state index contributed by atoms with van der Waals surface area (Å²) in [6, 6.07) is 15.5. The molecule has 2 aromatic carbocycles. The molecule has 2 N–H and O–H groups in total. The van der Waals surface area contributed by atoms with Crippen molar-refractivity contribution in [3.8, 4) is 0 Å².